The molecular formula is C17H19N3O. The number of fused-ring (bicyclic) bond motifs is 1. The molecule has 0 aliphatic carbocycles. The summed E-state index contributed by atoms with van der Waals surface area (Å²) in [6, 6.07) is 11.9. The van der Waals surface area contributed by atoms with Crippen LogP contribution < -0.4 is 0 Å². The third-order valence-corrected chi connectivity index (χ3v) is 3.73. The summed E-state index contributed by atoms with van der Waals surface area (Å²) in [5.74, 6) is 0.917. The molecule has 0 saturated heterocycles. The van der Waals surface area contributed by atoms with E-state index in [9.17, 15) is 5.11 Å². The van der Waals surface area contributed by atoms with Gasteiger partial charge in [0.05, 0.1) is 17.1 Å². The number of aliphatic hydroxyl groups is 1. The minimum Gasteiger partial charge on any atom is -0.388 e. The molecule has 3 aromatic rings. The molecule has 1 aromatic carbocycles. The lowest BCUT2D eigenvalue weighted by Gasteiger charge is -2.12. The van der Waals surface area contributed by atoms with E-state index in [1.807, 2.05) is 37.3 Å². The second-order valence-electron chi connectivity index (χ2n) is 5.21. The molecule has 0 saturated carbocycles. The Morgan fingerprint density at radius 2 is 2.05 bits per heavy atom. The Morgan fingerprint density at radius 1 is 1.24 bits per heavy atom. The zero-order chi connectivity index (χ0) is 14.8. The molecule has 0 bridgehead atoms. The quantitative estimate of drug-likeness (QED) is 0.799. The van der Waals surface area contributed by atoms with Crippen molar-refractivity contribution in [3.8, 4) is 0 Å². The minimum absolute atomic E-state index is 0.506. The van der Waals surface area contributed by atoms with Gasteiger partial charge in [-0.25, -0.2) is 4.98 Å². The average molecular weight is 281 g/mol. The molecule has 0 amide bonds. The highest BCUT2D eigenvalue weighted by Crippen LogP contribution is 2.22. The number of hydrogen-bond acceptors (Lipinski definition) is 3. The normalized spacial score (nSPS) is 12.7. The number of rotatable bonds is 4. The van der Waals surface area contributed by atoms with Gasteiger partial charge in [-0.15, -0.1) is 0 Å². The van der Waals surface area contributed by atoms with Gasteiger partial charge in [0, 0.05) is 24.9 Å². The zero-order valence-electron chi connectivity index (χ0n) is 12.3. The maximum absolute atomic E-state index is 10.5. The van der Waals surface area contributed by atoms with Crippen molar-refractivity contribution >= 4 is 11.0 Å². The Hall–Kier alpha value is -2.20. The molecule has 0 spiro atoms. The number of nitrogens with zero attached hydrogens (tertiary/aromatic N) is 3. The summed E-state index contributed by atoms with van der Waals surface area (Å²) in [6.45, 7) is 4.87. The van der Waals surface area contributed by atoms with E-state index >= 15 is 0 Å². The molecule has 4 nitrogen and oxygen atoms in total. The van der Waals surface area contributed by atoms with Gasteiger partial charge in [-0.1, -0.05) is 12.1 Å². The van der Waals surface area contributed by atoms with Crippen molar-refractivity contribution in [2.45, 2.75) is 32.9 Å². The van der Waals surface area contributed by atoms with Crippen molar-refractivity contribution in [3.05, 3.63) is 59.7 Å². The van der Waals surface area contributed by atoms with Crippen LogP contribution in [0, 0.1) is 6.92 Å². The number of benzene rings is 1. The van der Waals surface area contributed by atoms with Crippen molar-refractivity contribution in [2.24, 2.45) is 0 Å². The second-order valence-corrected chi connectivity index (χ2v) is 5.21. The third-order valence-electron chi connectivity index (χ3n) is 3.73. The number of hydrogen-bond donors (Lipinski definition) is 1. The highest BCUT2D eigenvalue weighted by molar-refractivity contribution is 5.75. The molecule has 0 radical (unpaired) electrons. The maximum atomic E-state index is 10.5. The van der Waals surface area contributed by atoms with Gasteiger partial charge >= 0.3 is 0 Å². The van der Waals surface area contributed by atoms with Crippen molar-refractivity contribution in [1.29, 1.82) is 0 Å². The van der Waals surface area contributed by atoms with Crippen molar-refractivity contribution in [2.75, 3.05) is 0 Å². The van der Waals surface area contributed by atoms with E-state index < -0.39 is 6.10 Å². The van der Waals surface area contributed by atoms with Crippen molar-refractivity contribution in [1.82, 2.24) is 14.5 Å². The van der Waals surface area contributed by atoms with Crippen LogP contribution in [0.5, 0.6) is 0 Å². The largest absolute Gasteiger partial charge is 0.388 e. The number of aromatic nitrogens is 3. The van der Waals surface area contributed by atoms with Gasteiger partial charge in [0.2, 0.25) is 0 Å². The first-order valence-electron chi connectivity index (χ1n) is 7.23. The number of pyridine rings is 1. The van der Waals surface area contributed by atoms with Crippen LogP contribution in [0.1, 0.15) is 30.1 Å². The van der Waals surface area contributed by atoms with Gasteiger partial charge in [-0.05, 0) is 43.7 Å². The van der Waals surface area contributed by atoms with Gasteiger partial charge in [-0.2, -0.15) is 0 Å². The average Bonchev–Trinajstić information content (AvgIpc) is 2.84. The number of aryl methyl sites for hydroxylation is 2. The molecule has 4 heteroatoms. The monoisotopic (exact) mass is 281 g/mol. The molecule has 21 heavy (non-hydrogen) atoms. The van der Waals surface area contributed by atoms with Gasteiger partial charge in [-0.3, -0.25) is 4.98 Å². The Balaban J connectivity index is 1.94. The molecule has 1 unspecified atom stereocenters. The smallest absolute Gasteiger partial charge is 0.112 e. The second kappa shape index (κ2) is 5.66. The highest BCUT2D eigenvalue weighted by atomic mass is 16.3. The van der Waals surface area contributed by atoms with Gasteiger partial charge in [0.25, 0.3) is 0 Å². The SMILES string of the molecule is CCn1c(CC(O)c2ccnc(C)c2)nc2ccccc21. The molecule has 3 rings (SSSR count). The fourth-order valence-corrected chi connectivity index (χ4v) is 2.70. The fraction of sp³-hybridized carbons (Fsp3) is 0.294. The summed E-state index contributed by atoms with van der Waals surface area (Å²) in [6.07, 6.45) is 1.68. The van der Waals surface area contributed by atoms with Crippen LogP contribution in [0.4, 0.5) is 0 Å². The Kier molecular flexibility index (Phi) is 3.71. The van der Waals surface area contributed by atoms with Crippen molar-refractivity contribution in [3.63, 3.8) is 0 Å². The zero-order valence-corrected chi connectivity index (χ0v) is 12.3. The molecule has 108 valence electrons. The predicted octanol–water partition coefficient (Wildman–Crippen LogP) is 3.04. The highest BCUT2D eigenvalue weighted by Gasteiger charge is 2.15. The molecule has 2 aromatic heterocycles. The fourth-order valence-electron chi connectivity index (χ4n) is 2.70. The van der Waals surface area contributed by atoms with E-state index in [-0.39, 0.29) is 0 Å². The molecular weight excluding hydrogens is 262 g/mol. The van der Waals surface area contributed by atoms with Crippen LogP contribution in [-0.4, -0.2) is 19.6 Å². The lowest BCUT2D eigenvalue weighted by molar-refractivity contribution is 0.174. The van der Waals surface area contributed by atoms with Crippen LogP contribution in [-0.2, 0) is 13.0 Å². The summed E-state index contributed by atoms with van der Waals surface area (Å²) < 4.78 is 2.16. The van der Waals surface area contributed by atoms with E-state index in [0.717, 1.165) is 34.7 Å². The standard InChI is InChI=1S/C17H19N3O/c1-3-20-15-7-5-4-6-14(15)19-17(20)11-16(21)13-8-9-18-12(2)10-13/h4-10,16,21H,3,11H2,1-2H3. The summed E-state index contributed by atoms with van der Waals surface area (Å²) in [5.41, 5.74) is 3.90. The molecule has 0 aliphatic rings. The predicted molar refractivity (Wildman–Crippen MR) is 83.0 cm³/mol. The first-order chi connectivity index (χ1) is 10.2. The molecule has 1 N–H and O–H groups in total. The Bertz CT molecular complexity index is 764. The first kappa shape index (κ1) is 13.8. The Morgan fingerprint density at radius 3 is 2.81 bits per heavy atom. The van der Waals surface area contributed by atoms with Crippen LogP contribution in [0.15, 0.2) is 42.6 Å². The van der Waals surface area contributed by atoms with Gasteiger partial charge in [0.1, 0.15) is 5.82 Å². The number of aliphatic hydroxyl groups excluding tert-OH is 1. The molecule has 2 heterocycles. The van der Waals surface area contributed by atoms with Crippen LogP contribution in [0.2, 0.25) is 0 Å². The van der Waals surface area contributed by atoms with Crippen LogP contribution in [0.25, 0.3) is 11.0 Å². The maximum Gasteiger partial charge on any atom is 0.112 e. The van der Waals surface area contributed by atoms with E-state index in [1.165, 1.54) is 0 Å². The lowest BCUT2D eigenvalue weighted by Crippen LogP contribution is -2.09. The third kappa shape index (κ3) is 2.67. The van der Waals surface area contributed by atoms with E-state index in [4.69, 9.17) is 0 Å². The molecule has 1 atom stereocenters. The molecule has 0 aliphatic heterocycles. The summed E-state index contributed by atoms with van der Waals surface area (Å²) >= 11 is 0. The molecule has 0 fully saturated rings. The van der Waals surface area contributed by atoms with Gasteiger partial charge < -0.3 is 9.67 Å². The lowest BCUT2D eigenvalue weighted by atomic mass is 10.1. The minimum atomic E-state index is -0.561. The van der Waals surface area contributed by atoms with Crippen LogP contribution in [0.3, 0.4) is 0 Å². The Labute approximate surface area is 124 Å². The summed E-state index contributed by atoms with van der Waals surface area (Å²) in [5, 5.41) is 10.5. The summed E-state index contributed by atoms with van der Waals surface area (Å²) in [4.78, 5) is 8.82. The van der Waals surface area contributed by atoms with Crippen molar-refractivity contribution < 1.29 is 5.11 Å². The first-order valence-corrected chi connectivity index (χ1v) is 7.23. The topological polar surface area (TPSA) is 50.9 Å². The number of imidazole rings is 1. The summed E-state index contributed by atoms with van der Waals surface area (Å²) in [7, 11) is 0. The van der Waals surface area contributed by atoms with Gasteiger partial charge in [0.15, 0.2) is 0 Å². The van der Waals surface area contributed by atoms with E-state index in [0.29, 0.717) is 6.42 Å². The van der Waals surface area contributed by atoms with E-state index in [2.05, 4.69) is 27.5 Å². The number of para-hydroxylation sites is 2. The van der Waals surface area contributed by atoms with E-state index in [1.54, 1.807) is 6.20 Å². The van der Waals surface area contributed by atoms with Crippen LogP contribution >= 0.6 is 0 Å².